The topological polar surface area (TPSA) is 99.5 Å². The van der Waals surface area contributed by atoms with Gasteiger partial charge in [-0.25, -0.2) is 4.98 Å². The number of carbonyl (C=O) groups is 1. The average molecular weight is 450 g/mol. The van der Waals surface area contributed by atoms with Crippen molar-refractivity contribution >= 4 is 11.7 Å². The molecule has 0 aliphatic carbocycles. The minimum absolute atomic E-state index is 0.0645. The Hall–Kier alpha value is -4.07. The number of aliphatic carboxylic acids is 1. The fourth-order valence-corrected chi connectivity index (χ4v) is 3.02. The number of carboxylic acids is 1. The number of pyridine rings is 1. The van der Waals surface area contributed by atoms with Crippen molar-refractivity contribution in [3.63, 3.8) is 0 Å². The van der Waals surface area contributed by atoms with E-state index in [1.807, 2.05) is 50.2 Å². The normalized spacial score (nSPS) is 11.2. The lowest BCUT2D eigenvalue weighted by Gasteiger charge is -2.14. The van der Waals surface area contributed by atoms with Gasteiger partial charge in [-0.15, -0.1) is 0 Å². The van der Waals surface area contributed by atoms with Crippen LogP contribution < -0.4 is 14.2 Å². The highest BCUT2D eigenvalue weighted by Crippen LogP contribution is 2.25. The van der Waals surface area contributed by atoms with Crippen molar-refractivity contribution < 1.29 is 28.9 Å². The van der Waals surface area contributed by atoms with Crippen molar-refractivity contribution in [1.29, 1.82) is 0 Å². The van der Waals surface area contributed by atoms with Crippen molar-refractivity contribution in [2.75, 3.05) is 13.7 Å². The first-order valence-electron chi connectivity index (χ1n) is 10.4. The molecule has 172 valence electrons. The zero-order valence-electron chi connectivity index (χ0n) is 18.7. The Morgan fingerprint density at radius 1 is 1.03 bits per heavy atom. The Bertz CT molecular complexity index is 1100. The second-order valence-electron chi connectivity index (χ2n) is 7.36. The van der Waals surface area contributed by atoms with E-state index in [9.17, 15) is 4.79 Å². The maximum atomic E-state index is 11.2. The third-order valence-corrected chi connectivity index (χ3v) is 4.27. The number of rotatable bonds is 11. The predicted octanol–water partition coefficient (Wildman–Crippen LogP) is 4.72. The van der Waals surface area contributed by atoms with E-state index >= 15 is 0 Å². The van der Waals surface area contributed by atoms with E-state index in [1.54, 1.807) is 30.5 Å². The summed E-state index contributed by atoms with van der Waals surface area (Å²) in [6.45, 7) is 3.88. The summed E-state index contributed by atoms with van der Waals surface area (Å²) in [5.41, 5.74) is 1.84. The first-order chi connectivity index (χ1) is 15.9. The Kier molecular flexibility index (Phi) is 8.24. The summed E-state index contributed by atoms with van der Waals surface area (Å²) in [6, 6.07) is 17.8. The molecule has 3 aromatic rings. The molecule has 0 bridgehead atoms. The van der Waals surface area contributed by atoms with E-state index in [0.717, 1.165) is 5.56 Å². The first-order valence-corrected chi connectivity index (χ1v) is 10.4. The van der Waals surface area contributed by atoms with Gasteiger partial charge in [0.05, 0.1) is 12.5 Å². The molecule has 0 radical (unpaired) electrons. The van der Waals surface area contributed by atoms with Crippen molar-refractivity contribution in [1.82, 2.24) is 4.98 Å². The predicted molar refractivity (Wildman–Crippen MR) is 123 cm³/mol. The van der Waals surface area contributed by atoms with Crippen LogP contribution in [0.25, 0.3) is 0 Å². The molecular formula is C25H26N2O6. The molecule has 0 aliphatic rings. The highest BCUT2D eigenvalue weighted by atomic mass is 16.6. The number of carboxylic acid groups (broad SMARTS) is 1. The molecule has 8 heteroatoms. The molecule has 0 unspecified atom stereocenters. The number of nitrogens with zero attached hydrogens (tertiary/aromatic N) is 2. The van der Waals surface area contributed by atoms with E-state index in [0.29, 0.717) is 34.4 Å². The summed E-state index contributed by atoms with van der Waals surface area (Å²) < 4.78 is 17.5. The third kappa shape index (κ3) is 7.53. The minimum Gasteiger partial charge on any atom is -0.491 e. The molecule has 0 aliphatic heterocycles. The molecule has 0 fully saturated rings. The smallest absolute Gasteiger partial charge is 0.307 e. The van der Waals surface area contributed by atoms with E-state index in [2.05, 4.69) is 10.1 Å². The molecular weight excluding hydrogens is 424 g/mol. The Morgan fingerprint density at radius 2 is 1.85 bits per heavy atom. The SMILES string of the molecule is CON=C(COc1cc(CC(=O)O)cc(OC(C)C)c1)c1cccc(Oc2ccccn2)c1. The maximum absolute atomic E-state index is 11.2. The number of aromatic nitrogens is 1. The van der Waals surface area contributed by atoms with Crippen LogP contribution in [-0.2, 0) is 16.1 Å². The summed E-state index contributed by atoms with van der Waals surface area (Å²) in [5, 5.41) is 13.3. The van der Waals surface area contributed by atoms with Crippen LogP contribution in [0, 0.1) is 0 Å². The van der Waals surface area contributed by atoms with Crippen LogP contribution in [0.15, 0.2) is 72.0 Å². The summed E-state index contributed by atoms with van der Waals surface area (Å²) in [5.74, 6) is 1.13. The van der Waals surface area contributed by atoms with E-state index in [-0.39, 0.29) is 19.1 Å². The monoisotopic (exact) mass is 450 g/mol. The lowest BCUT2D eigenvalue weighted by Crippen LogP contribution is -2.14. The molecule has 0 amide bonds. The number of ether oxygens (including phenoxy) is 3. The van der Waals surface area contributed by atoms with Crippen LogP contribution in [0.3, 0.4) is 0 Å². The van der Waals surface area contributed by atoms with Crippen molar-refractivity contribution in [2.24, 2.45) is 5.16 Å². The molecule has 1 heterocycles. The Labute approximate surface area is 192 Å². The Balaban J connectivity index is 1.79. The van der Waals surface area contributed by atoms with Gasteiger partial charge in [0.25, 0.3) is 0 Å². The molecule has 8 nitrogen and oxygen atoms in total. The lowest BCUT2D eigenvalue weighted by molar-refractivity contribution is -0.136. The molecule has 33 heavy (non-hydrogen) atoms. The molecule has 0 saturated heterocycles. The largest absolute Gasteiger partial charge is 0.491 e. The zero-order chi connectivity index (χ0) is 23.6. The number of oxime groups is 1. The van der Waals surface area contributed by atoms with Crippen LogP contribution in [0.1, 0.15) is 25.0 Å². The molecule has 2 aromatic carbocycles. The van der Waals surface area contributed by atoms with Gasteiger partial charge in [0.15, 0.2) is 0 Å². The van der Waals surface area contributed by atoms with Gasteiger partial charge >= 0.3 is 5.97 Å². The summed E-state index contributed by atoms with van der Waals surface area (Å²) >= 11 is 0. The lowest BCUT2D eigenvalue weighted by atomic mass is 10.1. The van der Waals surface area contributed by atoms with Gasteiger partial charge in [-0.3, -0.25) is 4.79 Å². The summed E-state index contributed by atoms with van der Waals surface area (Å²) in [4.78, 5) is 20.4. The summed E-state index contributed by atoms with van der Waals surface area (Å²) in [7, 11) is 1.45. The highest BCUT2D eigenvalue weighted by molar-refractivity contribution is 6.01. The fourth-order valence-electron chi connectivity index (χ4n) is 3.02. The molecule has 0 atom stereocenters. The van der Waals surface area contributed by atoms with Gasteiger partial charge in [-0.1, -0.05) is 23.4 Å². The maximum Gasteiger partial charge on any atom is 0.307 e. The van der Waals surface area contributed by atoms with Crippen molar-refractivity contribution in [2.45, 2.75) is 26.4 Å². The van der Waals surface area contributed by atoms with Crippen LogP contribution >= 0.6 is 0 Å². The van der Waals surface area contributed by atoms with E-state index < -0.39 is 5.97 Å². The second kappa shape index (κ2) is 11.5. The molecule has 3 rings (SSSR count). The molecule has 1 aromatic heterocycles. The second-order valence-corrected chi connectivity index (χ2v) is 7.36. The van der Waals surface area contributed by atoms with Crippen LogP contribution in [0.4, 0.5) is 0 Å². The fraction of sp³-hybridized carbons (Fsp3) is 0.240. The van der Waals surface area contributed by atoms with Gasteiger partial charge in [0, 0.05) is 23.9 Å². The van der Waals surface area contributed by atoms with Crippen LogP contribution in [-0.4, -0.2) is 41.6 Å². The average Bonchev–Trinajstić information content (AvgIpc) is 2.76. The number of benzene rings is 2. The van der Waals surface area contributed by atoms with Crippen molar-refractivity contribution in [3.8, 4) is 23.1 Å². The van der Waals surface area contributed by atoms with E-state index in [1.165, 1.54) is 7.11 Å². The molecule has 0 saturated carbocycles. The van der Waals surface area contributed by atoms with Crippen LogP contribution in [0.2, 0.25) is 0 Å². The quantitative estimate of drug-likeness (QED) is 0.333. The standard InChI is InChI=1S/C25H26N2O6/c1-17(2)32-22-12-18(13-25(28)29)11-21(15-22)31-16-23(27-30-3)19-7-6-8-20(14-19)33-24-9-4-5-10-26-24/h4-12,14-15,17H,13,16H2,1-3H3,(H,28,29). The van der Waals surface area contributed by atoms with Gasteiger partial charge < -0.3 is 24.2 Å². The van der Waals surface area contributed by atoms with Crippen molar-refractivity contribution in [3.05, 3.63) is 78.0 Å². The van der Waals surface area contributed by atoms with Gasteiger partial charge in [0.2, 0.25) is 5.88 Å². The van der Waals surface area contributed by atoms with E-state index in [4.69, 9.17) is 24.2 Å². The van der Waals surface area contributed by atoms with Gasteiger partial charge in [-0.05, 0) is 49.7 Å². The molecule has 0 spiro atoms. The van der Waals surface area contributed by atoms with Gasteiger partial charge in [-0.2, -0.15) is 0 Å². The number of hydrogen-bond acceptors (Lipinski definition) is 7. The number of hydrogen-bond donors (Lipinski definition) is 1. The minimum atomic E-state index is -0.936. The first kappa shape index (κ1) is 23.6. The molecule has 1 N–H and O–H groups in total. The highest BCUT2D eigenvalue weighted by Gasteiger charge is 2.12. The Morgan fingerprint density at radius 3 is 2.55 bits per heavy atom. The van der Waals surface area contributed by atoms with Gasteiger partial charge in [0.1, 0.15) is 36.7 Å². The van der Waals surface area contributed by atoms with Crippen LogP contribution in [0.5, 0.6) is 23.1 Å². The summed E-state index contributed by atoms with van der Waals surface area (Å²) in [6.07, 6.45) is 1.45. The zero-order valence-corrected chi connectivity index (χ0v) is 18.7. The third-order valence-electron chi connectivity index (χ3n) is 4.27.